The minimum atomic E-state index is -0.183. The molecule has 21 heavy (non-hydrogen) atoms. The zero-order chi connectivity index (χ0) is 14.8. The van der Waals surface area contributed by atoms with Crippen LogP contribution < -0.4 is 0 Å². The second-order valence-electron chi connectivity index (χ2n) is 5.06. The Morgan fingerprint density at radius 2 is 2.10 bits per heavy atom. The summed E-state index contributed by atoms with van der Waals surface area (Å²) in [4.78, 5) is 12.5. The first-order chi connectivity index (χ1) is 10.1. The molecule has 1 unspecified atom stereocenters. The molecule has 108 valence electrons. The lowest BCUT2D eigenvalue weighted by Gasteiger charge is -2.25. The number of fused-ring (bicyclic) bond motifs is 1. The first-order valence-electron chi connectivity index (χ1n) is 6.83. The number of hydrogen-bond donors (Lipinski definition) is 0. The molecule has 0 spiro atoms. The predicted molar refractivity (Wildman–Crippen MR) is 86.9 cm³/mol. The second kappa shape index (κ2) is 6.30. The van der Waals surface area contributed by atoms with Crippen LogP contribution in [0.1, 0.15) is 34.0 Å². The molecule has 3 rings (SSSR count). The molecule has 0 bridgehead atoms. The van der Waals surface area contributed by atoms with Gasteiger partial charge in [0.25, 0.3) is 0 Å². The first kappa shape index (κ1) is 14.8. The molecule has 1 heterocycles. The van der Waals surface area contributed by atoms with E-state index >= 15 is 0 Å². The van der Waals surface area contributed by atoms with Gasteiger partial charge in [0.15, 0.2) is 5.78 Å². The Morgan fingerprint density at radius 1 is 1.29 bits per heavy atom. The monoisotopic (exact) mass is 364 g/mol. The Labute approximate surface area is 137 Å². The predicted octanol–water partition coefficient (Wildman–Crippen LogP) is 4.99. The van der Waals surface area contributed by atoms with Gasteiger partial charge in [-0.25, -0.2) is 0 Å². The third-order valence-electron chi connectivity index (χ3n) is 3.69. The van der Waals surface area contributed by atoms with Crippen LogP contribution in [0.15, 0.2) is 46.9 Å². The molecule has 1 aliphatic rings. The molecular weight excluding hydrogens is 352 g/mol. The fourth-order valence-electron chi connectivity index (χ4n) is 2.64. The number of halogens is 2. The molecule has 0 saturated heterocycles. The largest absolute Gasteiger partial charge is 0.373 e. The fourth-order valence-corrected chi connectivity index (χ4v) is 3.22. The third kappa shape index (κ3) is 3.20. The molecule has 2 nitrogen and oxygen atoms in total. The fraction of sp³-hybridized carbons (Fsp3) is 0.235. The number of carbonyl (C=O) groups excluding carboxylic acids is 1. The maximum Gasteiger partial charge on any atom is 0.167 e. The number of rotatable bonds is 3. The van der Waals surface area contributed by atoms with Gasteiger partial charge < -0.3 is 4.74 Å². The minimum Gasteiger partial charge on any atom is -0.373 e. The average Bonchev–Trinajstić information content (AvgIpc) is 2.50. The molecule has 2 aromatic carbocycles. The summed E-state index contributed by atoms with van der Waals surface area (Å²) in [5.74, 6) is 0.00278. The van der Waals surface area contributed by atoms with Crippen LogP contribution >= 0.6 is 27.5 Å². The lowest BCUT2D eigenvalue weighted by atomic mass is 9.93. The summed E-state index contributed by atoms with van der Waals surface area (Å²) in [5, 5.41) is 0.479. The lowest BCUT2D eigenvalue weighted by molar-refractivity contribution is 0.0352. The summed E-state index contributed by atoms with van der Waals surface area (Å²) in [7, 11) is 0. The second-order valence-corrected chi connectivity index (χ2v) is 6.38. The van der Waals surface area contributed by atoms with Crippen molar-refractivity contribution in [1.29, 1.82) is 0 Å². The summed E-state index contributed by atoms with van der Waals surface area (Å²) in [6, 6.07) is 13.5. The maximum atomic E-state index is 12.5. The molecule has 2 aromatic rings. The van der Waals surface area contributed by atoms with Crippen LogP contribution in [0.3, 0.4) is 0 Å². The molecule has 0 aliphatic carbocycles. The van der Waals surface area contributed by atoms with Gasteiger partial charge in [-0.05, 0) is 35.7 Å². The highest BCUT2D eigenvalue weighted by molar-refractivity contribution is 9.10. The van der Waals surface area contributed by atoms with E-state index in [-0.39, 0.29) is 11.9 Å². The number of ether oxygens (including phenoxy) is 1. The molecule has 0 fully saturated rings. The van der Waals surface area contributed by atoms with Crippen molar-refractivity contribution in [1.82, 2.24) is 0 Å². The Morgan fingerprint density at radius 3 is 2.95 bits per heavy atom. The van der Waals surface area contributed by atoms with E-state index in [0.717, 1.165) is 16.5 Å². The van der Waals surface area contributed by atoms with E-state index in [1.165, 1.54) is 5.56 Å². The Bertz CT molecular complexity index is 684. The lowest BCUT2D eigenvalue weighted by Crippen LogP contribution is -2.19. The van der Waals surface area contributed by atoms with Gasteiger partial charge in [-0.2, -0.15) is 0 Å². The number of benzene rings is 2. The van der Waals surface area contributed by atoms with E-state index in [4.69, 9.17) is 16.3 Å². The molecule has 0 amide bonds. The van der Waals surface area contributed by atoms with Gasteiger partial charge >= 0.3 is 0 Å². The Kier molecular flexibility index (Phi) is 4.43. The Hall–Kier alpha value is -1.16. The van der Waals surface area contributed by atoms with Crippen molar-refractivity contribution in [2.24, 2.45) is 0 Å². The van der Waals surface area contributed by atoms with Crippen molar-refractivity contribution in [3.05, 3.63) is 68.7 Å². The van der Waals surface area contributed by atoms with Crippen molar-refractivity contribution in [3.8, 4) is 0 Å². The summed E-state index contributed by atoms with van der Waals surface area (Å²) in [6.45, 7) is 0.654. The first-order valence-corrected chi connectivity index (χ1v) is 8.00. The molecule has 1 aliphatic heterocycles. The van der Waals surface area contributed by atoms with Gasteiger partial charge in [0.1, 0.15) is 0 Å². The zero-order valence-corrected chi connectivity index (χ0v) is 13.7. The molecule has 0 saturated carbocycles. The highest BCUT2D eigenvalue weighted by Crippen LogP contribution is 2.32. The van der Waals surface area contributed by atoms with Gasteiger partial charge in [-0.1, -0.05) is 51.8 Å². The van der Waals surface area contributed by atoms with Crippen molar-refractivity contribution in [2.75, 3.05) is 6.61 Å². The van der Waals surface area contributed by atoms with Gasteiger partial charge in [0.2, 0.25) is 0 Å². The normalized spacial score (nSPS) is 17.3. The number of carbonyl (C=O) groups is 1. The van der Waals surface area contributed by atoms with Crippen LogP contribution in [0.4, 0.5) is 0 Å². The quantitative estimate of drug-likeness (QED) is 0.716. The molecule has 0 radical (unpaired) electrons. The molecule has 1 atom stereocenters. The third-order valence-corrected chi connectivity index (χ3v) is 4.51. The number of hydrogen-bond acceptors (Lipinski definition) is 2. The van der Waals surface area contributed by atoms with Crippen molar-refractivity contribution in [3.63, 3.8) is 0 Å². The van der Waals surface area contributed by atoms with Crippen LogP contribution in [0.5, 0.6) is 0 Å². The highest BCUT2D eigenvalue weighted by Gasteiger charge is 2.24. The van der Waals surface area contributed by atoms with Crippen LogP contribution in [0.25, 0.3) is 0 Å². The van der Waals surface area contributed by atoms with E-state index in [9.17, 15) is 4.79 Å². The zero-order valence-electron chi connectivity index (χ0n) is 11.3. The SMILES string of the molecule is O=C(CC1OCCc2ccccc21)c1cc(Br)ccc1Cl. The summed E-state index contributed by atoms with van der Waals surface area (Å²) in [6.07, 6.45) is 1.03. The van der Waals surface area contributed by atoms with Gasteiger partial charge in [0.05, 0.1) is 17.7 Å². The van der Waals surface area contributed by atoms with Crippen LogP contribution in [-0.2, 0) is 11.2 Å². The van der Waals surface area contributed by atoms with E-state index in [1.54, 1.807) is 12.1 Å². The van der Waals surface area contributed by atoms with Crippen molar-refractivity contribution < 1.29 is 9.53 Å². The summed E-state index contributed by atoms with van der Waals surface area (Å²) >= 11 is 9.50. The average molecular weight is 366 g/mol. The molecule has 4 heteroatoms. The standard InChI is InChI=1S/C17H14BrClO2/c18-12-5-6-15(19)14(9-12)16(20)10-17-13-4-2-1-3-11(13)7-8-21-17/h1-6,9,17H,7-8,10H2. The van der Waals surface area contributed by atoms with Crippen molar-refractivity contribution >= 4 is 33.3 Å². The van der Waals surface area contributed by atoms with E-state index in [1.807, 2.05) is 24.3 Å². The van der Waals surface area contributed by atoms with Gasteiger partial charge in [-0.3, -0.25) is 4.79 Å². The van der Waals surface area contributed by atoms with Crippen LogP contribution in [-0.4, -0.2) is 12.4 Å². The van der Waals surface area contributed by atoms with E-state index in [2.05, 4.69) is 22.0 Å². The van der Waals surface area contributed by atoms with E-state index in [0.29, 0.717) is 23.6 Å². The highest BCUT2D eigenvalue weighted by atomic mass is 79.9. The minimum absolute atomic E-state index is 0.00278. The number of ketones is 1. The van der Waals surface area contributed by atoms with Gasteiger partial charge in [0, 0.05) is 16.5 Å². The summed E-state index contributed by atoms with van der Waals surface area (Å²) < 4.78 is 6.64. The number of Topliss-reactive ketones (excluding diaryl/α,β-unsaturated/α-hetero) is 1. The maximum absolute atomic E-state index is 12.5. The molecular formula is C17H14BrClO2. The van der Waals surface area contributed by atoms with E-state index < -0.39 is 0 Å². The smallest absolute Gasteiger partial charge is 0.167 e. The van der Waals surface area contributed by atoms with Crippen LogP contribution in [0.2, 0.25) is 5.02 Å². The van der Waals surface area contributed by atoms with Gasteiger partial charge in [-0.15, -0.1) is 0 Å². The molecule has 0 N–H and O–H groups in total. The van der Waals surface area contributed by atoms with Crippen molar-refractivity contribution in [2.45, 2.75) is 18.9 Å². The summed E-state index contributed by atoms with van der Waals surface area (Å²) in [5.41, 5.74) is 2.92. The topological polar surface area (TPSA) is 26.3 Å². The van der Waals surface area contributed by atoms with Crippen LogP contribution in [0, 0.1) is 0 Å². The molecule has 0 aromatic heterocycles. The Balaban J connectivity index is 1.84.